The fourth-order valence-electron chi connectivity index (χ4n) is 3.75. The first-order valence-corrected chi connectivity index (χ1v) is 12.2. The van der Waals surface area contributed by atoms with Crippen LogP contribution >= 0.6 is 11.8 Å². The molecule has 0 bridgehead atoms. The topological polar surface area (TPSA) is 87.5 Å². The van der Waals surface area contributed by atoms with Gasteiger partial charge in [-0.25, -0.2) is 0 Å². The van der Waals surface area contributed by atoms with Crippen LogP contribution in [0.3, 0.4) is 0 Å². The van der Waals surface area contributed by atoms with Gasteiger partial charge in [-0.15, -0.1) is 10.2 Å². The molecule has 0 fully saturated rings. The maximum Gasteiger partial charge on any atom is 0.234 e. The number of thioether (sulfide) groups is 1. The summed E-state index contributed by atoms with van der Waals surface area (Å²) in [4.78, 5) is 12.8. The fourth-order valence-corrected chi connectivity index (χ4v) is 4.50. The number of anilines is 1. The Morgan fingerprint density at radius 3 is 2.60 bits per heavy atom. The van der Waals surface area contributed by atoms with Gasteiger partial charge in [0, 0.05) is 23.9 Å². The van der Waals surface area contributed by atoms with E-state index in [1.54, 1.807) is 13.2 Å². The number of ether oxygens (including phenoxy) is 3. The molecule has 0 saturated carbocycles. The minimum atomic E-state index is -0.161. The number of para-hydroxylation sites is 2. The number of carbonyl (C=O) groups is 1. The third-order valence-electron chi connectivity index (χ3n) is 5.36. The molecule has 8 nitrogen and oxygen atoms in total. The molecule has 0 unspecified atom stereocenters. The standard InChI is InChI=1S/C26H24N4O4S/c1-32-21-11-6-5-10-20(21)25-28-29-26(30(25)19-8-3-2-4-9-19)35-17-24(31)27-18-12-13-22-23(16-18)34-15-7-14-33-22/h2-6,8-13,16H,7,14-15,17H2,1H3,(H,27,31). The summed E-state index contributed by atoms with van der Waals surface area (Å²) in [5.74, 6) is 2.66. The van der Waals surface area contributed by atoms with Crippen LogP contribution < -0.4 is 19.5 Å². The van der Waals surface area contributed by atoms with Crippen LogP contribution in [-0.4, -0.2) is 46.7 Å². The molecule has 1 aliphatic heterocycles. The van der Waals surface area contributed by atoms with Crippen LogP contribution in [0.2, 0.25) is 0 Å². The lowest BCUT2D eigenvalue weighted by Gasteiger charge is -2.13. The van der Waals surface area contributed by atoms with Crippen LogP contribution in [-0.2, 0) is 4.79 Å². The molecule has 35 heavy (non-hydrogen) atoms. The van der Waals surface area contributed by atoms with Gasteiger partial charge in [-0.2, -0.15) is 0 Å². The smallest absolute Gasteiger partial charge is 0.234 e. The number of hydrogen-bond donors (Lipinski definition) is 1. The normalized spacial score (nSPS) is 12.6. The van der Waals surface area contributed by atoms with Crippen molar-refractivity contribution in [2.75, 3.05) is 31.4 Å². The molecule has 2 heterocycles. The number of aromatic nitrogens is 3. The quantitative estimate of drug-likeness (QED) is 0.373. The van der Waals surface area contributed by atoms with Gasteiger partial charge in [0.05, 0.1) is 31.6 Å². The maximum atomic E-state index is 12.8. The Morgan fingerprint density at radius 2 is 1.77 bits per heavy atom. The second kappa shape index (κ2) is 10.5. The Bertz CT molecular complexity index is 1330. The SMILES string of the molecule is COc1ccccc1-c1nnc(SCC(=O)Nc2ccc3c(c2)OCCCO3)n1-c1ccccc1. The highest BCUT2D eigenvalue weighted by Crippen LogP contribution is 2.34. The molecular formula is C26H24N4O4S. The maximum absolute atomic E-state index is 12.8. The number of hydrogen-bond acceptors (Lipinski definition) is 7. The van der Waals surface area contributed by atoms with Gasteiger partial charge in [0.15, 0.2) is 22.5 Å². The monoisotopic (exact) mass is 488 g/mol. The van der Waals surface area contributed by atoms with E-state index in [0.29, 0.717) is 47.1 Å². The van der Waals surface area contributed by atoms with Crippen molar-refractivity contribution in [2.24, 2.45) is 0 Å². The van der Waals surface area contributed by atoms with E-state index >= 15 is 0 Å². The molecular weight excluding hydrogens is 464 g/mol. The van der Waals surface area contributed by atoms with E-state index < -0.39 is 0 Å². The lowest BCUT2D eigenvalue weighted by molar-refractivity contribution is -0.113. The summed E-state index contributed by atoms with van der Waals surface area (Å²) >= 11 is 1.31. The average molecular weight is 489 g/mol. The minimum Gasteiger partial charge on any atom is -0.496 e. The van der Waals surface area contributed by atoms with Crippen molar-refractivity contribution < 1.29 is 19.0 Å². The molecule has 0 saturated heterocycles. The Morgan fingerprint density at radius 1 is 1.00 bits per heavy atom. The summed E-state index contributed by atoms with van der Waals surface area (Å²) in [7, 11) is 1.63. The van der Waals surface area contributed by atoms with Gasteiger partial charge in [-0.1, -0.05) is 42.1 Å². The van der Waals surface area contributed by atoms with Gasteiger partial charge >= 0.3 is 0 Å². The molecule has 3 aromatic carbocycles. The van der Waals surface area contributed by atoms with Gasteiger partial charge < -0.3 is 19.5 Å². The summed E-state index contributed by atoms with van der Waals surface area (Å²) in [6, 6.07) is 22.9. The van der Waals surface area contributed by atoms with Gasteiger partial charge in [-0.05, 0) is 36.4 Å². The summed E-state index contributed by atoms with van der Waals surface area (Å²) in [5, 5.41) is 12.4. The minimum absolute atomic E-state index is 0.158. The van der Waals surface area contributed by atoms with Crippen molar-refractivity contribution in [3.05, 3.63) is 72.8 Å². The molecule has 0 aliphatic carbocycles. The zero-order chi connectivity index (χ0) is 24.0. The molecule has 1 aliphatic rings. The van der Waals surface area contributed by atoms with Crippen molar-refractivity contribution in [1.29, 1.82) is 0 Å². The van der Waals surface area contributed by atoms with Crippen molar-refractivity contribution in [1.82, 2.24) is 14.8 Å². The van der Waals surface area contributed by atoms with Crippen LogP contribution in [0.4, 0.5) is 5.69 Å². The van der Waals surface area contributed by atoms with Gasteiger partial charge in [0.2, 0.25) is 5.91 Å². The van der Waals surface area contributed by atoms with E-state index in [4.69, 9.17) is 14.2 Å². The highest BCUT2D eigenvalue weighted by Gasteiger charge is 2.20. The molecule has 0 radical (unpaired) electrons. The molecule has 1 N–H and O–H groups in total. The number of amides is 1. The molecule has 1 amide bonds. The molecule has 9 heteroatoms. The van der Waals surface area contributed by atoms with E-state index in [1.807, 2.05) is 71.3 Å². The fraction of sp³-hybridized carbons (Fsp3) is 0.192. The zero-order valence-corrected chi connectivity index (χ0v) is 20.0. The third kappa shape index (κ3) is 5.09. The van der Waals surface area contributed by atoms with Gasteiger partial charge in [0.25, 0.3) is 0 Å². The summed E-state index contributed by atoms with van der Waals surface area (Å²) in [5.41, 5.74) is 2.36. The lowest BCUT2D eigenvalue weighted by atomic mass is 10.2. The second-order valence-electron chi connectivity index (χ2n) is 7.73. The zero-order valence-electron chi connectivity index (χ0n) is 19.1. The molecule has 178 valence electrons. The van der Waals surface area contributed by atoms with Crippen molar-refractivity contribution in [3.63, 3.8) is 0 Å². The van der Waals surface area contributed by atoms with Crippen LogP contribution in [0.15, 0.2) is 78.0 Å². The highest BCUT2D eigenvalue weighted by atomic mass is 32.2. The van der Waals surface area contributed by atoms with Crippen molar-refractivity contribution >= 4 is 23.4 Å². The number of nitrogens with zero attached hydrogens (tertiary/aromatic N) is 3. The average Bonchev–Trinajstić information content (AvgIpc) is 3.18. The first-order chi connectivity index (χ1) is 17.2. The second-order valence-corrected chi connectivity index (χ2v) is 8.67. The van der Waals surface area contributed by atoms with Crippen molar-refractivity contribution in [2.45, 2.75) is 11.6 Å². The van der Waals surface area contributed by atoms with E-state index in [-0.39, 0.29) is 11.7 Å². The van der Waals surface area contributed by atoms with Gasteiger partial charge in [0.1, 0.15) is 5.75 Å². The van der Waals surface area contributed by atoms with Crippen LogP contribution in [0.1, 0.15) is 6.42 Å². The number of fused-ring (bicyclic) bond motifs is 1. The number of carbonyl (C=O) groups excluding carboxylic acids is 1. The summed E-state index contributed by atoms with van der Waals surface area (Å²) < 4.78 is 18.8. The predicted octanol–water partition coefficient (Wildman–Crippen LogP) is 4.84. The molecule has 0 atom stereocenters. The number of benzene rings is 3. The number of rotatable bonds is 7. The van der Waals surface area contributed by atoms with E-state index in [0.717, 1.165) is 17.7 Å². The van der Waals surface area contributed by atoms with Crippen molar-refractivity contribution in [3.8, 4) is 34.3 Å². The number of nitrogens with one attached hydrogen (secondary N) is 1. The lowest BCUT2D eigenvalue weighted by Crippen LogP contribution is -2.14. The first kappa shape index (κ1) is 22.8. The van der Waals surface area contributed by atoms with Crippen LogP contribution in [0, 0.1) is 0 Å². The highest BCUT2D eigenvalue weighted by molar-refractivity contribution is 7.99. The summed E-state index contributed by atoms with van der Waals surface area (Å²) in [6.45, 7) is 1.21. The predicted molar refractivity (Wildman–Crippen MR) is 135 cm³/mol. The molecule has 0 spiro atoms. The number of methoxy groups -OCH3 is 1. The van der Waals surface area contributed by atoms with Crippen LogP contribution in [0.25, 0.3) is 17.1 Å². The van der Waals surface area contributed by atoms with Gasteiger partial charge in [-0.3, -0.25) is 9.36 Å². The molecule has 5 rings (SSSR count). The Kier molecular flexibility index (Phi) is 6.85. The largest absolute Gasteiger partial charge is 0.496 e. The third-order valence-corrected chi connectivity index (χ3v) is 6.29. The van der Waals surface area contributed by atoms with E-state index in [9.17, 15) is 4.79 Å². The Balaban J connectivity index is 1.36. The van der Waals surface area contributed by atoms with Crippen LogP contribution in [0.5, 0.6) is 17.2 Å². The molecule has 4 aromatic rings. The Labute approximate surface area is 207 Å². The molecule has 1 aromatic heterocycles. The Hall–Kier alpha value is -3.98. The van der Waals surface area contributed by atoms with E-state index in [2.05, 4.69) is 15.5 Å². The summed E-state index contributed by atoms with van der Waals surface area (Å²) in [6.07, 6.45) is 0.825. The van der Waals surface area contributed by atoms with E-state index in [1.165, 1.54) is 11.8 Å². The first-order valence-electron chi connectivity index (χ1n) is 11.2.